The number of carbonyl (C=O) groups is 1. The van der Waals surface area contributed by atoms with Gasteiger partial charge in [0.05, 0.1) is 0 Å². The Labute approximate surface area is 137 Å². The Bertz CT molecular complexity index is 515. The van der Waals surface area contributed by atoms with E-state index in [1.54, 1.807) is 11.9 Å². The van der Waals surface area contributed by atoms with Crippen LogP contribution in [0.15, 0.2) is 18.2 Å². The summed E-state index contributed by atoms with van der Waals surface area (Å²) < 4.78 is 13.4. The summed E-state index contributed by atoms with van der Waals surface area (Å²) in [5.74, 6) is -0.190. The van der Waals surface area contributed by atoms with Crippen LogP contribution < -0.4 is 0 Å². The molecule has 5 heteroatoms. The number of hydrogen-bond donors (Lipinski definition) is 0. The van der Waals surface area contributed by atoms with Crippen LogP contribution in [0.1, 0.15) is 37.0 Å². The molecule has 1 aromatic carbocycles. The van der Waals surface area contributed by atoms with Crippen molar-refractivity contribution in [1.82, 2.24) is 9.80 Å². The molecule has 1 amide bonds. The fourth-order valence-electron chi connectivity index (χ4n) is 3.08. The Morgan fingerprint density at radius 3 is 2.82 bits per heavy atom. The van der Waals surface area contributed by atoms with Gasteiger partial charge in [0.2, 0.25) is 0 Å². The van der Waals surface area contributed by atoms with Crippen molar-refractivity contribution in [1.29, 1.82) is 0 Å². The van der Waals surface area contributed by atoms with E-state index >= 15 is 0 Å². The van der Waals surface area contributed by atoms with Gasteiger partial charge in [-0.3, -0.25) is 4.79 Å². The molecule has 1 aliphatic heterocycles. The number of hydrogen-bond acceptors (Lipinski definition) is 2. The molecule has 0 saturated carbocycles. The molecule has 122 valence electrons. The predicted octanol–water partition coefficient (Wildman–Crippen LogP) is 3.67. The van der Waals surface area contributed by atoms with Gasteiger partial charge in [-0.15, -0.1) is 0 Å². The second kappa shape index (κ2) is 7.42. The molecular weight excluding hydrogens is 303 g/mol. The number of carbonyl (C=O) groups excluding carboxylic acids is 1. The Balaban J connectivity index is 1.99. The van der Waals surface area contributed by atoms with E-state index in [-0.39, 0.29) is 10.9 Å². The molecule has 1 aromatic rings. The molecule has 1 aliphatic rings. The number of rotatable bonds is 4. The maximum atomic E-state index is 13.4. The van der Waals surface area contributed by atoms with Crippen LogP contribution in [0.25, 0.3) is 0 Å². The van der Waals surface area contributed by atoms with Gasteiger partial charge in [-0.2, -0.15) is 0 Å². The smallest absolute Gasteiger partial charge is 0.253 e. The summed E-state index contributed by atoms with van der Waals surface area (Å²) in [5.41, 5.74) is 0.309. The van der Waals surface area contributed by atoms with Crippen LogP contribution >= 0.6 is 11.6 Å². The van der Waals surface area contributed by atoms with Crippen LogP contribution in [0, 0.1) is 11.7 Å². The van der Waals surface area contributed by atoms with E-state index in [9.17, 15) is 9.18 Å². The highest BCUT2D eigenvalue weighted by atomic mass is 35.5. The quantitative estimate of drug-likeness (QED) is 0.843. The topological polar surface area (TPSA) is 23.6 Å². The molecule has 0 N–H and O–H groups in total. The average Bonchev–Trinajstić information content (AvgIpc) is 2.45. The molecule has 3 nitrogen and oxygen atoms in total. The van der Waals surface area contributed by atoms with E-state index in [0.29, 0.717) is 24.1 Å². The third kappa shape index (κ3) is 4.43. The van der Waals surface area contributed by atoms with Crippen molar-refractivity contribution in [3.05, 3.63) is 34.6 Å². The largest absolute Gasteiger partial charge is 0.341 e. The molecule has 1 heterocycles. The highest BCUT2D eigenvalue weighted by Gasteiger charge is 2.24. The third-order valence-electron chi connectivity index (χ3n) is 4.27. The monoisotopic (exact) mass is 326 g/mol. The van der Waals surface area contributed by atoms with Gasteiger partial charge in [-0.05, 0) is 57.4 Å². The minimum Gasteiger partial charge on any atom is -0.341 e. The van der Waals surface area contributed by atoms with Crippen molar-refractivity contribution >= 4 is 17.5 Å². The number of piperidine rings is 1. The second-order valence-electron chi connectivity index (χ2n) is 6.44. The molecule has 0 aromatic heterocycles. The fourth-order valence-corrected chi connectivity index (χ4v) is 3.30. The Hall–Kier alpha value is -1.13. The van der Waals surface area contributed by atoms with E-state index in [4.69, 9.17) is 11.6 Å². The molecular formula is C17H24ClFN2O. The number of benzene rings is 1. The zero-order valence-electron chi connectivity index (χ0n) is 13.5. The molecule has 2 rings (SSSR count). The summed E-state index contributed by atoms with van der Waals surface area (Å²) in [6.45, 7) is 7.23. The molecule has 22 heavy (non-hydrogen) atoms. The molecule has 0 bridgehead atoms. The Morgan fingerprint density at radius 2 is 2.18 bits per heavy atom. The molecule has 1 fully saturated rings. The van der Waals surface area contributed by atoms with Gasteiger partial charge in [0.25, 0.3) is 5.91 Å². The summed E-state index contributed by atoms with van der Waals surface area (Å²) >= 11 is 5.83. The van der Waals surface area contributed by atoms with Gasteiger partial charge in [0.1, 0.15) is 5.82 Å². The average molecular weight is 327 g/mol. The van der Waals surface area contributed by atoms with Crippen LogP contribution in [0.2, 0.25) is 5.02 Å². The SMILES string of the molecule is CC(C)N1CCC[C@H](CN(C)C(=O)c2cc(F)cc(Cl)c2)C1. The lowest BCUT2D eigenvalue weighted by Crippen LogP contribution is -2.44. The molecule has 1 atom stereocenters. The van der Waals surface area contributed by atoms with Crippen molar-refractivity contribution in [3.8, 4) is 0 Å². The first-order valence-electron chi connectivity index (χ1n) is 7.82. The van der Waals surface area contributed by atoms with E-state index in [1.165, 1.54) is 18.2 Å². The maximum absolute atomic E-state index is 13.4. The van der Waals surface area contributed by atoms with Gasteiger partial charge in [0.15, 0.2) is 0 Å². The molecule has 0 aliphatic carbocycles. The molecule has 0 unspecified atom stereocenters. The minimum atomic E-state index is -0.479. The van der Waals surface area contributed by atoms with Crippen molar-refractivity contribution in [2.24, 2.45) is 5.92 Å². The lowest BCUT2D eigenvalue weighted by atomic mass is 9.96. The summed E-state index contributed by atoms with van der Waals surface area (Å²) in [6, 6.07) is 4.50. The van der Waals surface area contributed by atoms with E-state index in [0.717, 1.165) is 25.9 Å². The summed E-state index contributed by atoms with van der Waals surface area (Å²) in [7, 11) is 1.77. The number of halogens is 2. The van der Waals surface area contributed by atoms with Gasteiger partial charge in [-0.1, -0.05) is 11.6 Å². The van der Waals surface area contributed by atoms with E-state index < -0.39 is 5.82 Å². The van der Waals surface area contributed by atoms with Gasteiger partial charge >= 0.3 is 0 Å². The van der Waals surface area contributed by atoms with Crippen molar-refractivity contribution in [3.63, 3.8) is 0 Å². The summed E-state index contributed by atoms with van der Waals surface area (Å²) in [6.07, 6.45) is 2.29. The van der Waals surface area contributed by atoms with E-state index in [2.05, 4.69) is 18.7 Å². The zero-order valence-corrected chi connectivity index (χ0v) is 14.2. The highest BCUT2D eigenvalue weighted by molar-refractivity contribution is 6.31. The standard InChI is InChI=1S/C17H24ClFN2O/c1-12(2)21-6-4-5-13(11-21)10-20(3)17(22)14-7-15(18)9-16(19)8-14/h7-9,12-13H,4-6,10-11H2,1-3H3/t13-/m1/s1. The van der Waals surface area contributed by atoms with Crippen molar-refractivity contribution in [2.45, 2.75) is 32.7 Å². The minimum absolute atomic E-state index is 0.178. The fraction of sp³-hybridized carbons (Fsp3) is 0.588. The van der Waals surface area contributed by atoms with Crippen LogP contribution in [0.5, 0.6) is 0 Å². The molecule has 1 saturated heterocycles. The van der Waals surface area contributed by atoms with E-state index in [1.807, 2.05) is 0 Å². The number of nitrogens with zero attached hydrogens (tertiary/aromatic N) is 2. The van der Waals surface area contributed by atoms with Gasteiger partial charge < -0.3 is 9.80 Å². The van der Waals surface area contributed by atoms with Gasteiger partial charge in [0, 0.05) is 36.8 Å². The predicted molar refractivity (Wildman–Crippen MR) is 87.8 cm³/mol. The molecule has 0 radical (unpaired) electrons. The van der Waals surface area contributed by atoms with Crippen molar-refractivity contribution < 1.29 is 9.18 Å². The summed E-state index contributed by atoms with van der Waals surface area (Å²) in [5, 5.41) is 0.250. The first-order valence-corrected chi connectivity index (χ1v) is 8.20. The highest BCUT2D eigenvalue weighted by Crippen LogP contribution is 2.21. The third-order valence-corrected chi connectivity index (χ3v) is 4.49. The number of likely N-dealkylation sites (tertiary alicyclic amines) is 1. The van der Waals surface area contributed by atoms with Crippen LogP contribution in [0.3, 0.4) is 0 Å². The Kier molecular flexibility index (Phi) is 5.81. The Morgan fingerprint density at radius 1 is 1.45 bits per heavy atom. The lowest BCUT2D eigenvalue weighted by Gasteiger charge is -2.37. The lowest BCUT2D eigenvalue weighted by molar-refractivity contribution is 0.0708. The second-order valence-corrected chi connectivity index (χ2v) is 6.88. The van der Waals surface area contributed by atoms with Crippen LogP contribution in [-0.4, -0.2) is 48.4 Å². The van der Waals surface area contributed by atoms with Crippen LogP contribution in [-0.2, 0) is 0 Å². The first-order chi connectivity index (χ1) is 10.4. The molecule has 0 spiro atoms. The maximum Gasteiger partial charge on any atom is 0.253 e. The first kappa shape index (κ1) is 17.2. The zero-order chi connectivity index (χ0) is 16.3. The normalized spacial score (nSPS) is 19.5. The van der Waals surface area contributed by atoms with Crippen LogP contribution in [0.4, 0.5) is 4.39 Å². The van der Waals surface area contributed by atoms with Crippen molar-refractivity contribution in [2.75, 3.05) is 26.7 Å². The summed E-state index contributed by atoms with van der Waals surface area (Å²) in [4.78, 5) is 16.6. The number of amides is 1. The van der Waals surface area contributed by atoms with Gasteiger partial charge in [-0.25, -0.2) is 4.39 Å².